The second-order valence-electron chi connectivity index (χ2n) is 6.54. The first-order chi connectivity index (χ1) is 13.8. The van der Waals surface area contributed by atoms with Gasteiger partial charge in [0, 0.05) is 29.7 Å². The van der Waals surface area contributed by atoms with E-state index in [0.29, 0.717) is 21.4 Å². The van der Waals surface area contributed by atoms with Gasteiger partial charge in [-0.2, -0.15) is 0 Å². The van der Waals surface area contributed by atoms with Gasteiger partial charge in [-0.05, 0) is 61.8 Å². The van der Waals surface area contributed by atoms with E-state index in [1.165, 1.54) is 6.07 Å². The number of nitro groups is 1. The number of carbonyl (C=O) groups excluding carboxylic acids is 1. The fourth-order valence-corrected chi connectivity index (χ4v) is 3.79. The minimum Gasteiger partial charge on any atom is -0.366 e. The Hall–Kier alpha value is -2.42. The Balaban J connectivity index is 1.73. The lowest BCUT2D eigenvalue weighted by molar-refractivity contribution is -0.384. The molecular weight excluding hydrogens is 435 g/mol. The van der Waals surface area contributed by atoms with E-state index in [-0.39, 0.29) is 16.4 Å². The molecule has 1 heterocycles. The van der Waals surface area contributed by atoms with Crippen LogP contribution in [0.5, 0.6) is 0 Å². The molecular formula is C19H18Cl2N4O3S. The fraction of sp³-hybridized carbons (Fsp3) is 0.263. The summed E-state index contributed by atoms with van der Waals surface area (Å²) in [6.07, 6.45) is 3.10. The van der Waals surface area contributed by atoms with Crippen molar-refractivity contribution in [2.45, 2.75) is 19.3 Å². The highest BCUT2D eigenvalue weighted by molar-refractivity contribution is 7.80. The van der Waals surface area contributed by atoms with Crippen molar-refractivity contribution in [3.8, 4) is 0 Å². The second-order valence-corrected chi connectivity index (χ2v) is 7.79. The molecule has 0 aliphatic carbocycles. The number of halogens is 2. The van der Waals surface area contributed by atoms with Crippen molar-refractivity contribution in [2.24, 2.45) is 0 Å². The van der Waals surface area contributed by atoms with Crippen molar-refractivity contribution >= 4 is 63.5 Å². The lowest BCUT2D eigenvalue weighted by atomic mass is 10.1. The number of amides is 1. The van der Waals surface area contributed by atoms with Gasteiger partial charge >= 0.3 is 0 Å². The standard InChI is InChI=1S/C19H18Cl2N4O3S/c20-13-5-6-15(14(21)11-13)22-19(29)23-18(26)12-4-7-16(17(10-12)25(27)28)24-8-2-1-3-9-24/h4-7,10-11H,1-3,8-9H2,(H2,22,23,26,29). The zero-order valence-electron chi connectivity index (χ0n) is 15.3. The van der Waals surface area contributed by atoms with Gasteiger partial charge < -0.3 is 10.2 Å². The first-order valence-electron chi connectivity index (χ1n) is 8.96. The second kappa shape index (κ2) is 9.39. The van der Waals surface area contributed by atoms with Gasteiger partial charge in [0.25, 0.3) is 11.6 Å². The maximum atomic E-state index is 12.5. The van der Waals surface area contributed by atoms with Gasteiger partial charge in [0.05, 0.1) is 15.6 Å². The SMILES string of the molecule is O=C(NC(=S)Nc1ccc(Cl)cc1Cl)c1ccc(N2CCCCC2)c([N+](=O)[O-])c1. The molecule has 1 aliphatic rings. The number of anilines is 2. The van der Waals surface area contributed by atoms with E-state index in [4.69, 9.17) is 35.4 Å². The molecule has 0 atom stereocenters. The molecule has 0 unspecified atom stereocenters. The van der Waals surface area contributed by atoms with Crippen LogP contribution in [0.3, 0.4) is 0 Å². The van der Waals surface area contributed by atoms with Crippen LogP contribution in [-0.2, 0) is 0 Å². The Morgan fingerprint density at radius 1 is 1.10 bits per heavy atom. The zero-order chi connectivity index (χ0) is 21.0. The third kappa shape index (κ3) is 5.35. The van der Waals surface area contributed by atoms with Crippen LogP contribution in [-0.4, -0.2) is 29.0 Å². The Morgan fingerprint density at radius 3 is 2.48 bits per heavy atom. The lowest BCUT2D eigenvalue weighted by Crippen LogP contribution is -2.34. The van der Waals surface area contributed by atoms with Crippen LogP contribution >= 0.6 is 35.4 Å². The van der Waals surface area contributed by atoms with Gasteiger partial charge in [-0.15, -0.1) is 0 Å². The monoisotopic (exact) mass is 452 g/mol. The molecule has 0 aromatic heterocycles. The zero-order valence-corrected chi connectivity index (χ0v) is 17.6. The molecule has 0 bridgehead atoms. The van der Waals surface area contributed by atoms with Crippen molar-refractivity contribution in [3.63, 3.8) is 0 Å². The van der Waals surface area contributed by atoms with Crippen LogP contribution in [0.4, 0.5) is 17.1 Å². The van der Waals surface area contributed by atoms with Crippen LogP contribution in [0, 0.1) is 10.1 Å². The summed E-state index contributed by atoms with van der Waals surface area (Å²) in [5, 5.41) is 17.7. The van der Waals surface area contributed by atoms with Crippen LogP contribution in [0.15, 0.2) is 36.4 Å². The predicted octanol–water partition coefficient (Wildman–Crippen LogP) is 5.02. The van der Waals surface area contributed by atoms with Crippen molar-refractivity contribution in [3.05, 3.63) is 62.1 Å². The summed E-state index contributed by atoms with van der Waals surface area (Å²) in [5.41, 5.74) is 1.05. The highest BCUT2D eigenvalue weighted by Crippen LogP contribution is 2.31. The van der Waals surface area contributed by atoms with Gasteiger partial charge in [0.15, 0.2) is 5.11 Å². The molecule has 0 spiro atoms. The topological polar surface area (TPSA) is 87.5 Å². The minimum absolute atomic E-state index is 0.0157. The molecule has 1 fully saturated rings. The molecule has 1 saturated heterocycles. The number of rotatable bonds is 4. The van der Waals surface area contributed by atoms with Crippen molar-refractivity contribution in [2.75, 3.05) is 23.3 Å². The van der Waals surface area contributed by atoms with E-state index in [0.717, 1.165) is 32.4 Å². The molecule has 0 saturated carbocycles. The number of piperidine rings is 1. The Kier molecular flexibility index (Phi) is 6.89. The number of hydrogen-bond donors (Lipinski definition) is 2. The number of hydrogen-bond acceptors (Lipinski definition) is 5. The maximum absolute atomic E-state index is 12.5. The minimum atomic E-state index is -0.555. The van der Waals surface area contributed by atoms with Crippen LogP contribution in [0.1, 0.15) is 29.6 Å². The number of thiocarbonyl (C=S) groups is 1. The summed E-state index contributed by atoms with van der Waals surface area (Å²) in [5.74, 6) is -0.555. The molecule has 0 radical (unpaired) electrons. The summed E-state index contributed by atoms with van der Waals surface area (Å²) < 4.78 is 0. The largest absolute Gasteiger partial charge is 0.366 e. The number of nitro benzene ring substituents is 1. The molecule has 152 valence electrons. The smallest absolute Gasteiger partial charge is 0.293 e. The third-order valence-corrected chi connectivity index (χ3v) is 5.29. The Morgan fingerprint density at radius 2 is 1.83 bits per heavy atom. The summed E-state index contributed by atoms with van der Waals surface area (Å²) in [7, 11) is 0. The first-order valence-corrected chi connectivity index (χ1v) is 10.1. The van der Waals surface area contributed by atoms with Gasteiger partial charge in [0.2, 0.25) is 0 Å². The molecule has 2 aromatic carbocycles. The highest BCUT2D eigenvalue weighted by Gasteiger charge is 2.23. The van der Waals surface area contributed by atoms with Gasteiger partial charge in [-0.3, -0.25) is 20.2 Å². The van der Waals surface area contributed by atoms with E-state index in [1.807, 2.05) is 4.90 Å². The summed E-state index contributed by atoms with van der Waals surface area (Å²) in [6.45, 7) is 1.53. The van der Waals surface area contributed by atoms with Gasteiger partial charge in [-0.25, -0.2) is 0 Å². The number of nitrogens with one attached hydrogen (secondary N) is 2. The van der Waals surface area contributed by atoms with Crippen molar-refractivity contribution < 1.29 is 9.72 Å². The maximum Gasteiger partial charge on any atom is 0.293 e. The molecule has 7 nitrogen and oxygen atoms in total. The van der Waals surface area contributed by atoms with E-state index in [1.54, 1.807) is 30.3 Å². The average Bonchev–Trinajstić information content (AvgIpc) is 2.70. The molecule has 29 heavy (non-hydrogen) atoms. The average molecular weight is 453 g/mol. The number of benzene rings is 2. The molecule has 1 aliphatic heterocycles. The van der Waals surface area contributed by atoms with Crippen molar-refractivity contribution in [1.29, 1.82) is 0 Å². The third-order valence-electron chi connectivity index (χ3n) is 4.54. The van der Waals surface area contributed by atoms with Crippen LogP contribution in [0.2, 0.25) is 10.0 Å². The fourth-order valence-electron chi connectivity index (χ4n) is 3.13. The predicted molar refractivity (Wildman–Crippen MR) is 119 cm³/mol. The van der Waals surface area contributed by atoms with Gasteiger partial charge in [0.1, 0.15) is 5.69 Å². The lowest BCUT2D eigenvalue weighted by Gasteiger charge is -2.28. The summed E-state index contributed by atoms with van der Waals surface area (Å²) >= 11 is 17.1. The quantitative estimate of drug-likeness (QED) is 0.384. The molecule has 2 N–H and O–H groups in total. The van der Waals surface area contributed by atoms with E-state index >= 15 is 0 Å². The molecule has 1 amide bonds. The molecule has 3 rings (SSSR count). The summed E-state index contributed by atoms with van der Waals surface area (Å²) in [4.78, 5) is 25.6. The van der Waals surface area contributed by atoms with Gasteiger partial charge in [-0.1, -0.05) is 23.2 Å². The Bertz CT molecular complexity index is 964. The van der Waals surface area contributed by atoms with E-state index in [9.17, 15) is 14.9 Å². The van der Waals surface area contributed by atoms with Crippen LogP contribution in [0.25, 0.3) is 0 Å². The van der Waals surface area contributed by atoms with Crippen LogP contribution < -0.4 is 15.5 Å². The normalized spacial score (nSPS) is 13.7. The highest BCUT2D eigenvalue weighted by atomic mass is 35.5. The molecule has 2 aromatic rings. The number of nitrogens with zero attached hydrogens (tertiary/aromatic N) is 2. The Labute approximate surface area is 183 Å². The van der Waals surface area contributed by atoms with Crippen molar-refractivity contribution in [1.82, 2.24) is 5.32 Å². The first kappa shape index (κ1) is 21.3. The van der Waals surface area contributed by atoms with E-state index < -0.39 is 10.8 Å². The van der Waals surface area contributed by atoms with E-state index in [2.05, 4.69) is 10.6 Å². The summed E-state index contributed by atoms with van der Waals surface area (Å²) in [6, 6.07) is 9.25. The number of carbonyl (C=O) groups is 1. The molecule has 10 heteroatoms.